The number of nitrogens with zero attached hydrogens (tertiary/aromatic N) is 2. The smallest absolute Gasteiger partial charge is 0.243 e. The molecule has 1 heterocycles. The Morgan fingerprint density at radius 1 is 1.35 bits per heavy atom. The number of hydroxylamine groups is 1. The average Bonchev–Trinajstić information content (AvgIpc) is 2.77. The highest BCUT2D eigenvalue weighted by Crippen LogP contribution is 2.14. The van der Waals surface area contributed by atoms with Crippen LogP contribution in [0.2, 0.25) is 0 Å². The van der Waals surface area contributed by atoms with Crippen LogP contribution in [-0.2, 0) is 19.7 Å². The third-order valence-corrected chi connectivity index (χ3v) is 6.51. The molecule has 0 saturated heterocycles. The first-order valence-corrected chi connectivity index (χ1v) is 12.6. The Morgan fingerprint density at radius 3 is 2.81 bits per heavy atom. The Hall–Kier alpha value is -1.84. The molecule has 1 N–H and O–H groups in total. The van der Waals surface area contributed by atoms with Gasteiger partial charge in [-0.3, -0.25) is 14.6 Å². The molecule has 1 atom stereocenters. The Kier molecular flexibility index (Phi) is 13.9. The lowest BCUT2D eigenvalue weighted by atomic mass is 10.0. The number of hydrogen-bond acceptors (Lipinski definition) is 5. The molecule has 178 valence electrons. The summed E-state index contributed by atoms with van der Waals surface area (Å²) in [4.78, 5) is 21.2. The van der Waals surface area contributed by atoms with Gasteiger partial charge in [0, 0.05) is 26.4 Å². The van der Waals surface area contributed by atoms with Crippen LogP contribution in [0, 0.1) is 5.92 Å². The highest BCUT2D eigenvalue weighted by atomic mass is 32.2. The van der Waals surface area contributed by atoms with Crippen LogP contribution in [0.3, 0.4) is 0 Å². The molecule has 0 aliphatic heterocycles. The standard InChI is InChI=1S/C22H36FN3O4S.H2/c1-3-9-20(4-2)19-30-26(16-13-23)31(28,29)17-7-5-6-15-25-22(27)12-11-21-10-8-14-24-18-21;/h8,10-12,14,18,20H,3-7,9,13,15-17,19H2,1-2H3,(H,25,27);1H/b12-11+;. The number of carbonyl (C=O) groups excluding carboxylic acids is 1. The summed E-state index contributed by atoms with van der Waals surface area (Å²) in [5, 5.41) is 2.76. The maximum atomic E-state index is 12.8. The normalized spacial score (nSPS) is 13.0. The predicted octanol–water partition coefficient (Wildman–Crippen LogP) is 3.99. The fourth-order valence-electron chi connectivity index (χ4n) is 2.96. The van der Waals surface area contributed by atoms with Crippen molar-refractivity contribution >= 4 is 22.0 Å². The minimum absolute atomic E-state index is 0. The zero-order chi connectivity index (χ0) is 23.0. The minimum atomic E-state index is -3.68. The highest BCUT2D eigenvalue weighted by Gasteiger charge is 2.23. The molecule has 1 rings (SSSR count). The van der Waals surface area contributed by atoms with E-state index in [0.29, 0.717) is 25.8 Å². The molecule has 0 spiro atoms. The molecule has 0 aromatic carbocycles. The number of rotatable bonds is 17. The number of alkyl halides is 1. The number of pyridine rings is 1. The van der Waals surface area contributed by atoms with E-state index >= 15 is 0 Å². The third-order valence-electron chi connectivity index (χ3n) is 4.80. The van der Waals surface area contributed by atoms with Gasteiger partial charge in [-0.15, -0.1) is 0 Å². The van der Waals surface area contributed by atoms with Gasteiger partial charge < -0.3 is 5.32 Å². The maximum Gasteiger partial charge on any atom is 0.243 e. The molecule has 0 saturated carbocycles. The van der Waals surface area contributed by atoms with Crippen LogP contribution in [0.25, 0.3) is 6.08 Å². The van der Waals surface area contributed by atoms with Crippen molar-refractivity contribution in [3.05, 3.63) is 36.2 Å². The van der Waals surface area contributed by atoms with Crippen molar-refractivity contribution in [3.8, 4) is 0 Å². The molecule has 1 unspecified atom stereocenters. The Balaban J connectivity index is 0.00000961. The number of amides is 1. The quantitative estimate of drug-likeness (QED) is 0.216. The van der Waals surface area contributed by atoms with Crippen LogP contribution < -0.4 is 5.32 Å². The van der Waals surface area contributed by atoms with Crippen molar-refractivity contribution in [1.82, 2.24) is 14.8 Å². The van der Waals surface area contributed by atoms with Crippen LogP contribution in [0.1, 0.15) is 59.4 Å². The molecule has 1 amide bonds. The van der Waals surface area contributed by atoms with Crippen LogP contribution in [-0.4, -0.2) is 55.9 Å². The first-order valence-electron chi connectivity index (χ1n) is 11.0. The maximum absolute atomic E-state index is 12.8. The lowest BCUT2D eigenvalue weighted by Crippen LogP contribution is -2.36. The Morgan fingerprint density at radius 2 is 2.16 bits per heavy atom. The minimum Gasteiger partial charge on any atom is -0.353 e. The Labute approximate surface area is 187 Å². The zero-order valence-electron chi connectivity index (χ0n) is 18.6. The molecule has 1 aromatic rings. The number of halogens is 1. The second-order valence-electron chi connectivity index (χ2n) is 7.36. The van der Waals surface area contributed by atoms with E-state index < -0.39 is 16.7 Å². The average molecular weight is 460 g/mol. The van der Waals surface area contributed by atoms with Gasteiger partial charge in [0.05, 0.1) is 18.9 Å². The summed E-state index contributed by atoms with van der Waals surface area (Å²) in [7, 11) is -3.68. The van der Waals surface area contributed by atoms with E-state index in [2.05, 4.69) is 17.2 Å². The monoisotopic (exact) mass is 459 g/mol. The zero-order valence-corrected chi connectivity index (χ0v) is 19.4. The fourth-order valence-corrected chi connectivity index (χ4v) is 4.30. The van der Waals surface area contributed by atoms with Gasteiger partial charge in [-0.05, 0) is 42.9 Å². The summed E-state index contributed by atoms with van der Waals surface area (Å²) in [6.45, 7) is 3.76. The van der Waals surface area contributed by atoms with Crippen molar-refractivity contribution in [1.29, 1.82) is 0 Å². The number of carbonyl (C=O) groups is 1. The van der Waals surface area contributed by atoms with Crippen LogP contribution in [0.15, 0.2) is 30.6 Å². The van der Waals surface area contributed by atoms with Crippen LogP contribution in [0.4, 0.5) is 4.39 Å². The molecular formula is C22H38FN3O4S. The van der Waals surface area contributed by atoms with Crippen molar-refractivity contribution in [2.75, 3.05) is 32.1 Å². The first kappa shape index (κ1) is 27.2. The predicted molar refractivity (Wildman–Crippen MR) is 123 cm³/mol. The van der Waals surface area contributed by atoms with Crippen molar-refractivity contribution in [2.45, 2.75) is 52.4 Å². The molecule has 0 bridgehead atoms. The van der Waals surface area contributed by atoms with E-state index in [-0.39, 0.29) is 32.2 Å². The summed E-state index contributed by atoms with van der Waals surface area (Å²) < 4.78 is 38.6. The second-order valence-corrected chi connectivity index (χ2v) is 9.34. The van der Waals surface area contributed by atoms with E-state index in [4.69, 9.17) is 4.84 Å². The lowest BCUT2D eigenvalue weighted by molar-refractivity contribution is -0.116. The summed E-state index contributed by atoms with van der Waals surface area (Å²) in [5.41, 5.74) is 0.836. The van der Waals surface area contributed by atoms with Gasteiger partial charge in [0.15, 0.2) is 0 Å². The first-order chi connectivity index (χ1) is 14.9. The number of nitrogens with one attached hydrogen (secondary N) is 1. The molecule has 9 heteroatoms. The third kappa shape index (κ3) is 11.9. The van der Waals surface area contributed by atoms with Crippen LogP contribution in [0.5, 0.6) is 0 Å². The van der Waals surface area contributed by atoms with E-state index in [1.54, 1.807) is 24.5 Å². The molecule has 0 aliphatic rings. The van der Waals surface area contributed by atoms with Crippen molar-refractivity contribution < 1.29 is 23.9 Å². The number of unbranched alkanes of at least 4 members (excludes halogenated alkanes) is 2. The molecule has 1 aromatic heterocycles. The van der Waals surface area contributed by atoms with E-state index in [1.807, 2.05) is 13.0 Å². The topological polar surface area (TPSA) is 88.6 Å². The van der Waals surface area contributed by atoms with Gasteiger partial charge in [0.25, 0.3) is 0 Å². The van der Waals surface area contributed by atoms with E-state index in [9.17, 15) is 17.6 Å². The lowest BCUT2D eigenvalue weighted by Gasteiger charge is -2.23. The van der Waals surface area contributed by atoms with Crippen LogP contribution >= 0.6 is 0 Å². The van der Waals surface area contributed by atoms with E-state index in [0.717, 1.165) is 29.3 Å². The van der Waals surface area contributed by atoms with Gasteiger partial charge >= 0.3 is 0 Å². The van der Waals surface area contributed by atoms with Gasteiger partial charge in [-0.25, -0.2) is 12.8 Å². The second kappa shape index (κ2) is 15.9. The van der Waals surface area contributed by atoms with Gasteiger partial charge in [0.1, 0.15) is 6.67 Å². The van der Waals surface area contributed by atoms with Gasteiger partial charge in [-0.2, -0.15) is 0 Å². The Bertz CT molecular complexity index is 751. The summed E-state index contributed by atoms with van der Waals surface area (Å²) >= 11 is 0. The number of hydrogen-bond donors (Lipinski definition) is 1. The van der Waals surface area contributed by atoms with Crippen molar-refractivity contribution in [3.63, 3.8) is 0 Å². The summed E-state index contributed by atoms with van der Waals surface area (Å²) in [6.07, 6.45) is 11.0. The molecule has 7 nitrogen and oxygen atoms in total. The fraction of sp³-hybridized carbons (Fsp3) is 0.636. The highest BCUT2D eigenvalue weighted by molar-refractivity contribution is 7.88. The van der Waals surface area contributed by atoms with Crippen molar-refractivity contribution in [2.24, 2.45) is 5.92 Å². The molecule has 0 aliphatic carbocycles. The summed E-state index contributed by atoms with van der Waals surface area (Å²) in [5.74, 6) is -0.0541. The van der Waals surface area contributed by atoms with Gasteiger partial charge in [-0.1, -0.05) is 43.6 Å². The SMILES string of the molecule is CCCC(CC)CON(CCF)S(=O)(=O)CCCCCNC(=O)/C=C/c1cccnc1.[HH]. The van der Waals surface area contributed by atoms with E-state index in [1.165, 1.54) is 6.08 Å². The largest absolute Gasteiger partial charge is 0.353 e. The molecule has 0 fully saturated rings. The molecule has 0 radical (unpaired) electrons. The number of aromatic nitrogens is 1. The van der Waals surface area contributed by atoms with Gasteiger partial charge in [0.2, 0.25) is 15.9 Å². The molecule has 31 heavy (non-hydrogen) atoms. The number of sulfonamides is 1. The summed E-state index contributed by atoms with van der Waals surface area (Å²) in [6, 6.07) is 3.64. The molecular weight excluding hydrogens is 421 g/mol.